The number of furan rings is 1. The highest BCUT2D eigenvalue weighted by atomic mass is 16.3. The van der Waals surface area contributed by atoms with Crippen LogP contribution in [0.25, 0.3) is 11.0 Å². The second-order valence-corrected chi connectivity index (χ2v) is 6.02. The summed E-state index contributed by atoms with van der Waals surface area (Å²) in [7, 11) is 0. The number of aromatic nitrogens is 2. The first kappa shape index (κ1) is 14.1. The van der Waals surface area contributed by atoms with Crippen molar-refractivity contribution in [1.82, 2.24) is 14.7 Å². The van der Waals surface area contributed by atoms with E-state index in [1.54, 1.807) is 6.20 Å². The van der Waals surface area contributed by atoms with Gasteiger partial charge in [-0.15, -0.1) is 0 Å². The summed E-state index contributed by atoms with van der Waals surface area (Å²) in [4.78, 5) is 14.9. The maximum absolute atomic E-state index is 12.9. The second kappa shape index (κ2) is 5.91. The summed E-state index contributed by atoms with van der Waals surface area (Å²) < 4.78 is 7.65. The molecule has 3 heterocycles. The highest BCUT2D eigenvalue weighted by Gasteiger charge is 2.29. The van der Waals surface area contributed by atoms with Gasteiger partial charge < -0.3 is 9.32 Å². The van der Waals surface area contributed by atoms with Gasteiger partial charge in [0.15, 0.2) is 5.76 Å². The van der Waals surface area contributed by atoms with Crippen molar-refractivity contribution in [2.24, 2.45) is 0 Å². The van der Waals surface area contributed by atoms with Gasteiger partial charge in [-0.3, -0.25) is 9.48 Å². The Morgan fingerprint density at radius 2 is 2.17 bits per heavy atom. The molecular formula is C18H19N3O2. The molecule has 5 heteroatoms. The first-order valence-electron chi connectivity index (χ1n) is 8.08. The van der Waals surface area contributed by atoms with E-state index in [2.05, 4.69) is 5.10 Å². The van der Waals surface area contributed by atoms with Gasteiger partial charge >= 0.3 is 0 Å². The maximum Gasteiger partial charge on any atom is 0.289 e. The molecule has 1 aliphatic rings. The van der Waals surface area contributed by atoms with Crippen LogP contribution in [0, 0.1) is 0 Å². The molecule has 0 bridgehead atoms. The van der Waals surface area contributed by atoms with Crippen LogP contribution < -0.4 is 0 Å². The third kappa shape index (κ3) is 2.74. The molecule has 1 atom stereocenters. The number of benzene rings is 1. The molecule has 0 saturated carbocycles. The molecule has 5 nitrogen and oxygen atoms in total. The molecule has 0 radical (unpaired) electrons. The van der Waals surface area contributed by atoms with Crippen molar-refractivity contribution in [2.45, 2.75) is 31.8 Å². The van der Waals surface area contributed by atoms with Crippen LogP contribution in [0.1, 0.15) is 29.8 Å². The Morgan fingerprint density at radius 3 is 3.00 bits per heavy atom. The molecule has 0 spiro atoms. The lowest BCUT2D eigenvalue weighted by Gasteiger charge is -2.35. The largest absolute Gasteiger partial charge is 0.451 e. The van der Waals surface area contributed by atoms with Crippen molar-refractivity contribution in [3.8, 4) is 0 Å². The van der Waals surface area contributed by atoms with Crippen molar-refractivity contribution in [2.75, 3.05) is 6.54 Å². The summed E-state index contributed by atoms with van der Waals surface area (Å²) in [5.74, 6) is 0.414. The van der Waals surface area contributed by atoms with Gasteiger partial charge in [0.25, 0.3) is 5.91 Å². The summed E-state index contributed by atoms with van der Waals surface area (Å²) in [6.07, 6.45) is 6.91. The zero-order chi connectivity index (χ0) is 15.6. The minimum atomic E-state index is -0.0157. The van der Waals surface area contributed by atoms with Crippen molar-refractivity contribution >= 4 is 16.9 Å². The number of para-hydroxylation sites is 1. The SMILES string of the molecule is O=C(c1cc2ccccc2o1)N1CCCC[C@@H]1Cn1cccn1. The molecule has 3 aromatic rings. The van der Waals surface area contributed by atoms with E-state index in [1.807, 2.05) is 52.2 Å². The summed E-state index contributed by atoms with van der Waals surface area (Å²) in [5.41, 5.74) is 0.761. The zero-order valence-corrected chi connectivity index (χ0v) is 12.9. The fourth-order valence-electron chi connectivity index (χ4n) is 3.31. The Labute approximate surface area is 134 Å². The van der Waals surface area contributed by atoms with Crippen molar-refractivity contribution < 1.29 is 9.21 Å². The van der Waals surface area contributed by atoms with Gasteiger partial charge in [-0.2, -0.15) is 5.10 Å². The minimum Gasteiger partial charge on any atom is -0.451 e. The quantitative estimate of drug-likeness (QED) is 0.745. The van der Waals surface area contributed by atoms with Gasteiger partial charge in [0.05, 0.1) is 12.6 Å². The molecule has 4 rings (SSSR count). The summed E-state index contributed by atoms with van der Waals surface area (Å²) >= 11 is 0. The number of piperidine rings is 1. The Kier molecular flexibility index (Phi) is 3.61. The van der Waals surface area contributed by atoms with Crippen LogP contribution in [0.15, 0.2) is 53.2 Å². The number of amides is 1. The topological polar surface area (TPSA) is 51.3 Å². The van der Waals surface area contributed by atoms with Crippen LogP contribution in [-0.4, -0.2) is 33.2 Å². The summed E-state index contributed by atoms with van der Waals surface area (Å²) in [6, 6.07) is 11.7. The zero-order valence-electron chi connectivity index (χ0n) is 12.9. The Morgan fingerprint density at radius 1 is 1.26 bits per heavy atom. The van der Waals surface area contributed by atoms with Crippen LogP contribution in [0.2, 0.25) is 0 Å². The number of carbonyl (C=O) groups excluding carboxylic acids is 1. The molecule has 1 amide bonds. The number of hydrogen-bond donors (Lipinski definition) is 0. The van der Waals surface area contributed by atoms with E-state index in [4.69, 9.17) is 4.42 Å². The molecular weight excluding hydrogens is 290 g/mol. The number of nitrogens with zero attached hydrogens (tertiary/aromatic N) is 3. The summed E-state index contributed by atoms with van der Waals surface area (Å²) in [5, 5.41) is 5.24. The lowest BCUT2D eigenvalue weighted by molar-refractivity contribution is 0.0554. The average Bonchev–Trinajstić information content (AvgIpc) is 3.23. The third-order valence-electron chi connectivity index (χ3n) is 4.48. The standard InChI is InChI=1S/C18H19N3O2/c22-18(17-12-14-6-1-2-8-16(14)23-17)21-11-4-3-7-15(21)13-20-10-5-9-19-20/h1-2,5-6,8-10,12,15H,3-4,7,11,13H2/t15-/m1/s1. The van der Waals surface area contributed by atoms with E-state index >= 15 is 0 Å². The molecule has 1 aliphatic heterocycles. The number of rotatable bonds is 3. The van der Waals surface area contributed by atoms with E-state index in [0.29, 0.717) is 5.76 Å². The fourth-order valence-corrected chi connectivity index (χ4v) is 3.31. The highest BCUT2D eigenvalue weighted by Crippen LogP contribution is 2.24. The van der Waals surface area contributed by atoms with Gasteiger partial charge in [0, 0.05) is 24.3 Å². The Balaban J connectivity index is 1.59. The lowest BCUT2D eigenvalue weighted by Crippen LogP contribution is -2.45. The van der Waals surface area contributed by atoms with Crippen molar-refractivity contribution in [3.05, 3.63) is 54.6 Å². The molecule has 2 aromatic heterocycles. The first-order chi connectivity index (χ1) is 11.3. The molecule has 1 saturated heterocycles. The minimum absolute atomic E-state index is 0.0157. The van der Waals surface area contributed by atoms with Crippen LogP contribution >= 0.6 is 0 Å². The van der Waals surface area contributed by atoms with Gasteiger partial charge in [-0.25, -0.2) is 0 Å². The molecule has 0 aliphatic carbocycles. The number of carbonyl (C=O) groups is 1. The normalized spacial score (nSPS) is 18.4. The van der Waals surface area contributed by atoms with Gasteiger partial charge in [-0.05, 0) is 37.5 Å². The molecule has 1 aromatic carbocycles. The lowest BCUT2D eigenvalue weighted by atomic mass is 10.0. The van der Waals surface area contributed by atoms with Crippen molar-refractivity contribution in [1.29, 1.82) is 0 Å². The predicted octanol–water partition coefficient (Wildman–Crippen LogP) is 3.32. The van der Waals surface area contributed by atoms with Gasteiger partial charge in [0.2, 0.25) is 0 Å². The van der Waals surface area contributed by atoms with E-state index in [-0.39, 0.29) is 11.9 Å². The van der Waals surface area contributed by atoms with E-state index < -0.39 is 0 Å². The Hall–Kier alpha value is -2.56. The number of likely N-dealkylation sites (tertiary alicyclic amines) is 1. The van der Waals surface area contributed by atoms with E-state index in [0.717, 1.165) is 43.3 Å². The van der Waals surface area contributed by atoms with Crippen LogP contribution in [0.5, 0.6) is 0 Å². The van der Waals surface area contributed by atoms with E-state index in [9.17, 15) is 4.79 Å². The predicted molar refractivity (Wildman–Crippen MR) is 87.1 cm³/mol. The van der Waals surface area contributed by atoms with Crippen LogP contribution in [-0.2, 0) is 6.54 Å². The van der Waals surface area contributed by atoms with Gasteiger partial charge in [-0.1, -0.05) is 18.2 Å². The highest BCUT2D eigenvalue weighted by molar-refractivity contribution is 5.96. The summed E-state index contributed by atoms with van der Waals surface area (Å²) in [6.45, 7) is 1.51. The number of fused-ring (bicyclic) bond motifs is 1. The molecule has 0 N–H and O–H groups in total. The molecule has 1 fully saturated rings. The third-order valence-corrected chi connectivity index (χ3v) is 4.48. The smallest absolute Gasteiger partial charge is 0.289 e. The van der Waals surface area contributed by atoms with E-state index in [1.165, 1.54) is 0 Å². The van der Waals surface area contributed by atoms with Crippen LogP contribution in [0.4, 0.5) is 0 Å². The number of hydrogen-bond acceptors (Lipinski definition) is 3. The van der Waals surface area contributed by atoms with Gasteiger partial charge in [0.1, 0.15) is 5.58 Å². The second-order valence-electron chi connectivity index (χ2n) is 6.02. The molecule has 0 unspecified atom stereocenters. The average molecular weight is 309 g/mol. The maximum atomic E-state index is 12.9. The monoisotopic (exact) mass is 309 g/mol. The fraction of sp³-hybridized carbons (Fsp3) is 0.333. The van der Waals surface area contributed by atoms with Crippen molar-refractivity contribution in [3.63, 3.8) is 0 Å². The first-order valence-corrected chi connectivity index (χ1v) is 8.08. The molecule has 118 valence electrons. The Bertz CT molecular complexity index is 774. The molecule has 23 heavy (non-hydrogen) atoms. The van der Waals surface area contributed by atoms with Crippen LogP contribution in [0.3, 0.4) is 0 Å².